The van der Waals surface area contributed by atoms with Crippen LogP contribution in [-0.4, -0.2) is 16.1 Å². The van der Waals surface area contributed by atoms with E-state index in [4.69, 9.17) is 0 Å². The minimum Gasteiger partial charge on any atom is -0.310 e. The van der Waals surface area contributed by atoms with E-state index < -0.39 is 16.1 Å². The smallest absolute Gasteiger partial charge is 0.113 e. The molecule has 0 atom stereocenters. The Balaban J connectivity index is 1.09. The Labute approximate surface area is 375 Å². The van der Waals surface area contributed by atoms with Gasteiger partial charge in [0, 0.05) is 33.5 Å². The van der Waals surface area contributed by atoms with E-state index in [9.17, 15) is 10.5 Å². The number of hydrogen-bond acceptors (Lipinski definition) is 4. The van der Waals surface area contributed by atoms with Gasteiger partial charge in [0.25, 0.3) is 0 Å². The Kier molecular flexibility index (Phi) is 8.23. The van der Waals surface area contributed by atoms with Crippen molar-refractivity contribution < 1.29 is 0 Å². The van der Waals surface area contributed by atoms with Gasteiger partial charge >= 0.3 is 0 Å². The van der Waals surface area contributed by atoms with Crippen molar-refractivity contribution in [2.75, 3.05) is 9.80 Å². The SMILES string of the molecule is C[Si]1(C)c2ccccc2-c2ccc(N(c3cccc(C#N)c3)c3ccc4ccc5c(N(c6cccc(C#N)c6)c6ccc7c(c6)[Si](C)(C)c6ccccc6-7)ccc6ccc3c4c65)cc21. The average molecular weight is 851 g/mol. The molecule has 0 radical (unpaired) electrons. The summed E-state index contributed by atoms with van der Waals surface area (Å²) < 4.78 is 0. The van der Waals surface area contributed by atoms with Crippen molar-refractivity contribution in [3.05, 3.63) is 193 Å². The molecule has 0 aliphatic carbocycles. The molecule has 0 N–H and O–H groups in total. The summed E-state index contributed by atoms with van der Waals surface area (Å²) >= 11 is 0. The molecule has 0 unspecified atom stereocenters. The van der Waals surface area contributed by atoms with Gasteiger partial charge in [-0.15, -0.1) is 0 Å². The highest BCUT2D eigenvalue weighted by Gasteiger charge is 2.39. The maximum Gasteiger partial charge on any atom is 0.113 e. The van der Waals surface area contributed by atoms with Gasteiger partial charge in [-0.25, -0.2) is 0 Å². The Morgan fingerprint density at radius 3 is 1.19 bits per heavy atom. The first kappa shape index (κ1) is 38.0. The monoisotopic (exact) mass is 850 g/mol. The van der Waals surface area contributed by atoms with Gasteiger partial charge in [0.15, 0.2) is 0 Å². The van der Waals surface area contributed by atoms with E-state index in [-0.39, 0.29) is 0 Å². The lowest BCUT2D eigenvalue weighted by molar-refractivity contribution is 1.29. The highest BCUT2D eigenvalue weighted by atomic mass is 28.3. The minimum atomic E-state index is -1.99. The molecule has 10 aromatic carbocycles. The molecule has 6 heteroatoms. The first-order valence-electron chi connectivity index (χ1n) is 22.0. The number of nitriles is 2. The molecule has 0 aromatic heterocycles. The van der Waals surface area contributed by atoms with Crippen LogP contribution < -0.4 is 30.5 Å². The van der Waals surface area contributed by atoms with Crippen molar-refractivity contribution in [2.24, 2.45) is 0 Å². The van der Waals surface area contributed by atoms with E-state index >= 15 is 0 Å². The second kappa shape index (κ2) is 13.9. The van der Waals surface area contributed by atoms with Gasteiger partial charge in [0.1, 0.15) is 16.1 Å². The summed E-state index contributed by atoms with van der Waals surface area (Å²) in [6, 6.07) is 70.7. The van der Waals surface area contributed by atoms with Gasteiger partial charge < -0.3 is 9.80 Å². The maximum atomic E-state index is 10.1. The normalized spacial score (nSPS) is 13.8. The zero-order chi connectivity index (χ0) is 43.5. The zero-order valence-electron chi connectivity index (χ0n) is 36.1. The summed E-state index contributed by atoms with van der Waals surface area (Å²) in [5, 5.41) is 33.1. The second-order valence-electron chi connectivity index (χ2n) is 18.4. The predicted octanol–water partition coefficient (Wildman–Crippen LogP) is 12.9. The van der Waals surface area contributed by atoms with Crippen molar-refractivity contribution in [1.29, 1.82) is 10.5 Å². The molecule has 4 nitrogen and oxygen atoms in total. The Bertz CT molecular complexity index is 3440. The molecule has 0 saturated carbocycles. The average Bonchev–Trinajstić information content (AvgIpc) is 3.70. The molecule has 0 bridgehead atoms. The lowest BCUT2D eigenvalue weighted by Gasteiger charge is -2.30. The zero-order valence-corrected chi connectivity index (χ0v) is 38.1. The standard InChI is InChI=1S/C58H42N4Si2/c1-63(2)53-17-7-5-15-45(53)47-27-23-43(33-55(47)63)61(41-13-9-11-37(31-41)35-59)51-29-21-39-20-26-50-52(30-22-40-19-25-49(51)57(39)58(40)50)62(42-14-10-12-38(32-42)36-60)44-24-28-48-46-16-6-8-18-54(46)64(3,4)56(48)34-44/h5-34H,1-4H3. The van der Waals surface area contributed by atoms with Crippen molar-refractivity contribution >= 4 is 103 Å². The molecule has 0 saturated heterocycles. The highest BCUT2D eigenvalue weighted by molar-refractivity contribution is 7.04. The topological polar surface area (TPSA) is 54.1 Å². The first-order valence-corrected chi connectivity index (χ1v) is 28.0. The van der Waals surface area contributed by atoms with Crippen LogP contribution in [0.15, 0.2) is 182 Å². The maximum absolute atomic E-state index is 10.1. The minimum absolute atomic E-state index is 0.621. The largest absolute Gasteiger partial charge is 0.310 e. The van der Waals surface area contributed by atoms with E-state index in [1.807, 2.05) is 36.4 Å². The van der Waals surface area contributed by atoms with Crippen LogP contribution in [0.5, 0.6) is 0 Å². The molecule has 0 amide bonds. The van der Waals surface area contributed by atoms with Crippen molar-refractivity contribution in [1.82, 2.24) is 0 Å². The van der Waals surface area contributed by atoms with Gasteiger partial charge in [0.05, 0.1) is 34.6 Å². The fourth-order valence-electron chi connectivity index (χ4n) is 11.1. The fourth-order valence-corrected chi connectivity index (χ4v) is 17.3. The summed E-state index contributed by atoms with van der Waals surface area (Å²) in [6.45, 7) is 9.83. The summed E-state index contributed by atoms with van der Waals surface area (Å²) in [5.74, 6) is 0. The molecule has 2 aliphatic rings. The van der Waals surface area contributed by atoms with Crippen LogP contribution in [0.3, 0.4) is 0 Å². The van der Waals surface area contributed by atoms with E-state index in [1.54, 1.807) is 0 Å². The number of rotatable bonds is 6. The molecule has 302 valence electrons. The number of nitrogens with zero attached hydrogens (tertiary/aromatic N) is 4. The van der Waals surface area contributed by atoms with Gasteiger partial charge in [-0.3, -0.25) is 0 Å². The molecule has 10 aromatic rings. The first-order chi connectivity index (χ1) is 31.1. The van der Waals surface area contributed by atoms with Crippen LogP contribution in [0.2, 0.25) is 26.2 Å². The van der Waals surface area contributed by atoms with Gasteiger partial charge in [0.2, 0.25) is 0 Å². The summed E-state index contributed by atoms with van der Waals surface area (Å²) in [5.41, 5.74) is 12.7. The molecular formula is C58H42N4Si2. The van der Waals surface area contributed by atoms with Crippen LogP contribution in [0.1, 0.15) is 11.1 Å². The van der Waals surface area contributed by atoms with Crippen LogP contribution in [0.4, 0.5) is 34.1 Å². The lowest BCUT2D eigenvalue weighted by atomic mass is 9.91. The van der Waals surface area contributed by atoms with Gasteiger partial charge in [-0.2, -0.15) is 10.5 Å². The Morgan fingerprint density at radius 2 is 0.750 bits per heavy atom. The number of anilines is 6. The third kappa shape index (κ3) is 5.44. The predicted molar refractivity (Wildman–Crippen MR) is 273 cm³/mol. The Hall–Kier alpha value is -7.75. The summed E-state index contributed by atoms with van der Waals surface area (Å²) in [7, 11) is -3.99. The number of fused-ring (bicyclic) bond motifs is 6. The van der Waals surface area contributed by atoms with Gasteiger partial charge in [-0.1, -0.05) is 135 Å². The van der Waals surface area contributed by atoms with Crippen LogP contribution in [-0.2, 0) is 0 Å². The van der Waals surface area contributed by atoms with E-state index in [0.717, 1.165) is 44.9 Å². The number of hydrogen-bond donors (Lipinski definition) is 0. The Morgan fingerprint density at radius 1 is 0.359 bits per heavy atom. The molecule has 0 spiro atoms. The molecule has 0 fully saturated rings. The third-order valence-corrected chi connectivity index (χ3v) is 21.3. The van der Waals surface area contributed by atoms with E-state index in [1.165, 1.54) is 64.5 Å². The van der Waals surface area contributed by atoms with Crippen molar-refractivity contribution in [3.63, 3.8) is 0 Å². The molecule has 2 heterocycles. The summed E-state index contributed by atoms with van der Waals surface area (Å²) in [4.78, 5) is 4.71. The lowest BCUT2D eigenvalue weighted by Crippen LogP contribution is -2.49. The van der Waals surface area contributed by atoms with E-state index in [2.05, 4.69) is 194 Å². The molecular weight excluding hydrogens is 809 g/mol. The van der Waals surface area contributed by atoms with Crippen LogP contribution in [0.25, 0.3) is 54.6 Å². The second-order valence-corrected chi connectivity index (χ2v) is 27.0. The van der Waals surface area contributed by atoms with Crippen molar-refractivity contribution in [2.45, 2.75) is 26.2 Å². The fraction of sp³-hybridized carbons (Fsp3) is 0.0690. The summed E-state index contributed by atoms with van der Waals surface area (Å²) in [6.07, 6.45) is 0. The van der Waals surface area contributed by atoms with Crippen LogP contribution >= 0.6 is 0 Å². The van der Waals surface area contributed by atoms with E-state index in [0.29, 0.717) is 11.1 Å². The van der Waals surface area contributed by atoms with Crippen LogP contribution in [0, 0.1) is 22.7 Å². The van der Waals surface area contributed by atoms with Crippen molar-refractivity contribution in [3.8, 4) is 34.4 Å². The highest BCUT2D eigenvalue weighted by Crippen LogP contribution is 2.48. The molecule has 2 aliphatic heterocycles. The third-order valence-electron chi connectivity index (χ3n) is 14.2. The quantitative estimate of drug-likeness (QED) is 0.124. The number of benzene rings is 10. The molecule has 64 heavy (non-hydrogen) atoms. The van der Waals surface area contributed by atoms with Gasteiger partial charge in [-0.05, 0) is 137 Å². The molecule has 12 rings (SSSR count).